The summed E-state index contributed by atoms with van der Waals surface area (Å²) in [5, 5.41) is 3.02. The zero-order valence-electron chi connectivity index (χ0n) is 9.15. The first-order valence-corrected chi connectivity index (χ1v) is 5.18. The van der Waals surface area contributed by atoms with Crippen molar-refractivity contribution in [1.82, 2.24) is 14.9 Å². The van der Waals surface area contributed by atoms with Crippen LogP contribution in [-0.4, -0.2) is 16.6 Å². The molecular formula is C12H14FN3. The number of rotatable bonds is 4. The minimum absolute atomic E-state index is 0.175. The number of benzene rings is 1. The average molecular weight is 219 g/mol. The van der Waals surface area contributed by atoms with Gasteiger partial charge in [-0.25, -0.2) is 9.37 Å². The summed E-state index contributed by atoms with van der Waals surface area (Å²) in [5.74, 6) is -0.175. The van der Waals surface area contributed by atoms with Gasteiger partial charge in [-0.3, -0.25) is 0 Å². The summed E-state index contributed by atoms with van der Waals surface area (Å²) in [6.07, 6.45) is 3.64. The van der Waals surface area contributed by atoms with Gasteiger partial charge >= 0.3 is 0 Å². The Hall–Kier alpha value is -1.68. The summed E-state index contributed by atoms with van der Waals surface area (Å²) in [6.45, 7) is 1.24. The molecule has 2 rings (SSSR count). The lowest BCUT2D eigenvalue weighted by atomic mass is 10.2. The zero-order valence-corrected chi connectivity index (χ0v) is 9.15. The van der Waals surface area contributed by atoms with E-state index in [1.54, 1.807) is 18.5 Å². The zero-order chi connectivity index (χ0) is 11.4. The predicted molar refractivity (Wildman–Crippen MR) is 60.5 cm³/mol. The molecule has 4 heteroatoms. The van der Waals surface area contributed by atoms with E-state index in [1.807, 2.05) is 23.9 Å². The van der Waals surface area contributed by atoms with Gasteiger partial charge in [-0.15, -0.1) is 0 Å². The third kappa shape index (κ3) is 2.46. The second kappa shape index (κ2) is 4.90. The first kappa shape index (κ1) is 10.8. The molecule has 0 saturated carbocycles. The number of hydrogen-bond acceptors (Lipinski definition) is 2. The second-order valence-corrected chi connectivity index (χ2v) is 3.66. The summed E-state index contributed by atoms with van der Waals surface area (Å²) in [4.78, 5) is 4.21. The Balaban J connectivity index is 2.11. The third-order valence-corrected chi connectivity index (χ3v) is 2.36. The highest BCUT2D eigenvalue weighted by Gasteiger charge is 2.02. The van der Waals surface area contributed by atoms with Crippen molar-refractivity contribution in [2.45, 2.75) is 13.1 Å². The fourth-order valence-corrected chi connectivity index (χ4v) is 1.59. The van der Waals surface area contributed by atoms with Gasteiger partial charge in [-0.1, -0.05) is 18.2 Å². The topological polar surface area (TPSA) is 29.9 Å². The van der Waals surface area contributed by atoms with Crippen LogP contribution in [0.5, 0.6) is 0 Å². The van der Waals surface area contributed by atoms with E-state index in [1.165, 1.54) is 6.07 Å². The van der Waals surface area contributed by atoms with Crippen LogP contribution in [0.1, 0.15) is 11.3 Å². The van der Waals surface area contributed by atoms with Gasteiger partial charge in [-0.2, -0.15) is 0 Å². The maximum absolute atomic E-state index is 13.4. The SMILES string of the molecule is CNCc1cn(Cc2ccccc2F)cn1. The Morgan fingerprint density at radius 1 is 1.38 bits per heavy atom. The highest BCUT2D eigenvalue weighted by molar-refractivity contribution is 5.17. The fourth-order valence-electron chi connectivity index (χ4n) is 1.59. The van der Waals surface area contributed by atoms with Gasteiger partial charge in [0.15, 0.2) is 0 Å². The quantitative estimate of drug-likeness (QED) is 0.849. The van der Waals surface area contributed by atoms with Gasteiger partial charge in [0.25, 0.3) is 0 Å². The molecule has 0 aliphatic heterocycles. The Kier molecular flexibility index (Phi) is 3.31. The molecule has 1 N–H and O–H groups in total. The molecule has 0 atom stereocenters. The van der Waals surface area contributed by atoms with Crippen molar-refractivity contribution in [2.24, 2.45) is 0 Å². The average Bonchev–Trinajstić information content (AvgIpc) is 2.70. The highest BCUT2D eigenvalue weighted by atomic mass is 19.1. The first-order valence-electron chi connectivity index (χ1n) is 5.18. The molecule has 3 nitrogen and oxygen atoms in total. The second-order valence-electron chi connectivity index (χ2n) is 3.66. The van der Waals surface area contributed by atoms with E-state index in [0.717, 1.165) is 12.2 Å². The molecule has 0 fully saturated rings. The lowest BCUT2D eigenvalue weighted by molar-refractivity contribution is 0.599. The van der Waals surface area contributed by atoms with Crippen LogP contribution in [-0.2, 0) is 13.1 Å². The molecule has 0 radical (unpaired) electrons. The monoisotopic (exact) mass is 219 g/mol. The van der Waals surface area contributed by atoms with Crippen LogP contribution in [0.3, 0.4) is 0 Å². The number of aromatic nitrogens is 2. The van der Waals surface area contributed by atoms with Crippen molar-refractivity contribution in [3.05, 3.63) is 53.9 Å². The van der Waals surface area contributed by atoms with Crippen LogP contribution in [0, 0.1) is 5.82 Å². The number of hydrogen-bond donors (Lipinski definition) is 1. The molecule has 0 bridgehead atoms. The van der Waals surface area contributed by atoms with E-state index in [4.69, 9.17) is 0 Å². The van der Waals surface area contributed by atoms with E-state index in [2.05, 4.69) is 10.3 Å². The van der Waals surface area contributed by atoms with Gasteiger partial charge < -0.3 is 9.88 Å². The van der Waals surface area contributed by atoms with E-state index >= 15 is 0 Å². The standard InChI is InChI=1S/C12H14FN3/c1-14-6-11-8-16(9-15-11)7-10-4-2-3-5-12(10)13/h2-5,8-9,14H,6-7H2,1H3. The third-order valence-electron chi connectivity index (χ3n) is 2.36. The van der Waals surface area contributed by atoms with Crippen molar-refractivity contribution < 1.29 is 4.39 Å². The smallest absolute Gasteiger partial charge is 0.128 e. The number of nitrogens with one attached hydrogen (secondary N) is 1. The Morgan fingerprint density at radius 3 is 2.94 bits per heavy atom. The Morgan fingerprint density at radius 2 is 2.19 bits per heavy atom. The molecule has 16 heavy (non-hydrogen) atoms. The van der Waals surface area contributed by atoms with Crippen molar-refractivity contribution in [1.29, 1.82) is 0 Å². The predicted octanol–water partition coefficient (Wildman–Crippen LogP) is 1.79. The minimum Gasteiger partial charge on any atom is -0.333 e. The maximum atomic E-state index is 13.4. The minimum atomic E-state index is -0.175. The largest absolute Gasteiger partial charge is 0.333 e. The van der Waals surface area contributed by atoms with Crippen LogP contribution in [0.25, 0.3) is 0 Å². The van der Waals surface area contributed by atoms with Crippen LogP contribution in [0.4, 0.5) is 4.39 Å². The summed E-state index contributed by atoms with van der Waals surface area (Å²) in [7, 11) is 1.87. The summed E-state index contributed by atoms with van der Waals surface area (Å²) in [6, 6.07) is 6.79. The number of nitrogens with zero attached hydrogens (tertiary/aromatic N) is 2. The first-order chi connectivity index (χ1) is 7.79. The van der Waals surface area contributed by atoms with E-state index < -0.39 is 0 Å². The molecular weight excluding hydrogens is 205 g/mol. The maximum Gasteiger partial charge on any atom is 0.128 e. The molecule has 84 valence electrons. The van der Waals surface area contributed by atoms with Crippen molar-refractivity contribution in [2.75, 3.05) is 7.05 Å². The molecule has 0 unspecified atom stereocenters. The van der Waals surface area contributed by atoms with Crippen molar-refractivity contribution >= 4 is 0 Å². The Labute approximate surface area is 93.9 Å². The van der Waals surface area contributed by atoms with Gasteiger partial charge in [0.05, 0.1) is 18.6 Å². The Bertz CT molecular complexity index is 465. The van der Waals surface area contributed by atoms with E-state index in [9.17, 15) is 4.39 Å². The molecule has 1 aromatic heterocycles. The summed E-state index contributed by atoms with van der Waals surface area (Å²) < 4.78 is 15.3. The normalized spacial score (nSPS) is 10.6. The van der Waals surface area contributed by atoms with Crippen LogP contribution < -0.4 is 5.32 Å². The van der Waals surface area contributed by atoms with E-state index in [-0.39, 0.29) is 5.82 Å². The fraction of sp³-hybridized carbons (Fsp3) is 0.250. The van der Waals surface area contributed by atoms with Crippen LogP contribution >= 0.6 is 0 Å². The molecule has 0 amide bonds. The lowest BCUT2D eigenvalue weighted by Gasteiger charge is -2.03. The van der Waals surface area contributed by atoms with Gasteiger partial charge in [0, 0.05) is 18.3 Å². The molecule has 0 aliphatic carbocycles. The molecule has 1 heterocycles. The van der Waals surface area contributed by atoms with Crippen molar-refractivity contribution in [3.63, 3.8) is 0 Å². The van der Waals surface area contributed by atoms with E-state index in [0.29, 0.717) is 12.1 Å². The highest BCUT2D eigenvalue weighted by Crippen LogP contribution is 2.08. The number of halogens is 1. The van der Waals surface area contributed by atoms with Gasteiger partial charge in [0.2, 0.25) is 0 Å². The molecule has 0 spiro atoms. The van der Waals surface area contributed by atoms with Gasteiger partial charge in [-0.05, 0) is 13.1 Å². The van der Waals surface area contributed by atoms with Crippen LogP contribution in [0.15, 0.2) is 36.8 Å². The molecule has 0 saturated heterocycles. The van der Waals surface area contributed by atoms with Crippen molar-refractivity contribution in [3.8, 4) is 0 Å². The summed E-state index contributed by atoms with van der Waals surface area (Å²) >= 11 is 0. The molecule has 0 aliphatic rings. The van der Waals surface area contributed by atoms with Crippen LogP contribution in [0.2, 0.25) is 0 Å². The lowest BCUT2D eigenvalue weighted by Crippen LogP contribution is -2.05. The number of imidazole rings is 1. The summed E-state index contributed by atoms with van der Waals surface area (Å²) in [5.41, 5.74) is 1.63. The van der Waals surface area contributed by atoms with Gasteiger partial charge in [0.1, 0.15) is 5.82 Å². The molecule has 2 aromatic rings. The molecule has 1 aromatic carbocycles.